The Morgan fingerprint density at radius 2 is 1.93 bits per heavy atom. The summed E-state index contributed by atoms with van der Waals surface area (Å²) >= 11 is 0. The third kappa shape index (κ3) is 1.99. The first-order chi connectivity index (χ1) is 6.70. The highest BCUT2D eigenvalue weighted by atomic mass is 16.4. The van der Waals surface area contributed by atoms with Crippen LogP contribution in [0.2, 0.25) is 0 Å². The summed E-state index contributed by atoms with van der Waals surface area (Å²) in [6.45, 7) is 0. The van der Waals surface area contributed by atoms with Crippen LogP contribution in [0.15, 0.2) is 11.6 Å². The molecule has 2 aliphatic rings. The van der Waals surface area contributed by atoms with Gasteiger partial charge in [-0.15, -0.1) is 0 Å². The third-order valence-electron chi connectivity index (χ3n) is 3.66. The van der Waals surface area contributed by atoms with E-state index in [1.165, 1.54) is 44.1 Å². The van der Waals surface area contributed by atoms with E-state index in [4.69, 9.17) is 5.11 Å². The lowest BCUT2D eigenvalue weighted by molar-refractivity contribution is -0.136. The lowest BCUT2D eigenvalue weighted by Gasteiger charge is -2.30. The average Bonchev–Trinajstić information content (AvgIpc) is 2.52. The maximum Gasteiger partial charge on any atom is 0.307 e. The van der Waals surface area contributed by atoms with E-state index in [-0.39, 0.29) is 6.42 Å². The molecule has 0 aromatic heterocycles. The SMILES string of the molecule is O=C(O)CC1=CC2(CCCC2)CCC1. The molecule has 0 unspecified atom stereocenters. The Morgan fingerprint density at radius 1 is 1.29 bits per heavy atom. The molecule has 0 bridgehead atoms. The van der Waals surface area contributed by atoms with E-state index in [1.807, 2.05) is 0 Å². The van der Waals surface area contributed by atoms with Crippen LogP contribution in [-0.2, 0) is 4.79 Å². The van der Waals surface area contributed by atoms with Crippen LogP contribution >= 0.6 is 0 Å². The molecule has 14 heavy (non-hydrogen) atoms. The summed E-state index contributed by atoms with van der Waals surface area (Å²) in [4.78, 5) is 10.6. The maximum absolute atomic E-state index is 10.6. The first-order valence-corrected chi connectivity index (χ1v) is 5.63. The van der Waals surface area contributed by atoms with Crippen molar-refractivity contribution >= 4 is 5.97 Å². The van der Waals surface area contributed by atoms with Gasteiger partial charge < -0.3 is 5.11 Å². The Hall–Kier alpha value is -0.790. The van der Waals surface area contributed by atoms with Crippen molar-refractivity contribution in [3.63, 3.8) is 0 Å². The lowest BCUT2D eigenvalue weighted by atomic mass is 9.74. The normalized spacial score (nSPS) is 25.0. The van der Waals surface area contributed by atoms with Crippen LogP contribution in [0.25, 0.3) is 0 Å². The number of hydrogen-bond donors (Lipinski definition) is 1. The molecule has 0 aromatic rings. The second kappa shape index (κ2) is 3.76. The zero-order valence-electron chi connectivity index (χ0n) is 8.59. The predicted molar refractivity (Wildman–Crippen MR) is 55.1 cm³/mol. The fourth-order valence-corrected chi connectivity index (χ4v) is 3.05. The highest BCUT2D eigenvalue weighted by Gasteiger charge is 2.33. The van der Waals surface area contributed by atoms with Crippen molar-refractivity contribution in [1.82, 2.24) is 0 Å². The molecule has 2 nitrogen and oxygen atoms in total. The minimum atomic E-state index is -0.675. The standard InChI is InChI=1S/C12H18O2/c13-11(14)8-10-4-3-7-12(9-10)5-1-2-6-12/h9H,1-8H2,(H,13,14). The summed E-state index contributed by atoms with van der Waals surface area (Å²) in [5.41, 5.74) is 1.58. The molecule has 1 spiro atoms. The molecule has 2 rings (SSSR count). The maximum atomic E-state index is 10.6. The molecular formula is C12H18O2. The molecule has 0 aliphatic heterocycles. The van der Waals surface area contributed by atoms with E-state index in [0.29, 0.717) is 5.41 Å². The fraction of sp³-hybridized carbons (Fsp3) is 0.750. The molecule has 0 saturated heterocycles. The van der Waals surface area contributed by atoms with Crippen molar-refractivity contribution in [1.29, 1.82) is 0 Å². The third-order valence-corrected chi connectivity index (χ3v) is 3.66. The van der Waals surface area contributed by atoms with E-state index in [9.17, 15) is 4.79 Å². The molecular weight excluding hydrogens is 176 g/mol. The predicted octanol–water partition coefficient (Wildman–Crippen LogP) is 3.13. The molecule has 1 saturated carbocycles. The summed E-state index contributed by atoms with van der Waals surface area (Å²) in [5, 5.41) is 8.76. The zero-order chi connectivity index (χ0) is 10.0. The Kier molecular flexibility index (Phi) is 2.62. The summed E-state index contributed by atoms with van der Waals surface area (Å²) in [7, 11) is 0. The summed E-state index contributed by atoms with van der Waals surface area (Å²) in [5.74, 6) is -0.675. The van der Waals surface area contributed by atoms with Crippen LogP contribution in [0, 0.1) is 5.41 Å². The quantitative estimate of drug-likeness (QED) is 0.686. The summed E-state index contributed by atoms with van der Waals surface area (Å²) in [6.07, 6.45) is 11.3. The molecule has 0 radical (unpaired) electrons. The monoisotopic (exact) mass is 194 g/mol. The second-order valence-corrected chi connectivity index (χ2v) is 4.80. The zero-order valence-corrected chi connectivity index (χ0v) is 8.59. The van der Waals surface area contributed by atoms with E-state index in [2.05, 4.69) is 6.08 Å². The smallest absolute Gasteiger partial charge is 0.307 e. The lowest BCUT2D eigenvalue weighted by Crippen LogP contribution is -2.18. The molecule has 78 valence electrons. The van der Waals surface area contributed by atoms with Crippen molar-refractivity contribution < 1.29 is 9.90 Å². The van der Waals surface area contributed by atoms with E-state index in [0.717, 1.165) is 6.42 Å². The molecule has 0 aromatic carbocycles. The van der Waals surface area contributed by atoms with Gasteiger partial charge in [-0.2, -0.15) is 0 Å². The van der Waals surface area contributed by atoms with Crippen molar-refractivity contribution in [2.45, 2.75) is 51.4 Å². The van der Waals surface area contributed by atoms with Gasteiger partial charge in [0.2, 0.25) is 0 Å². The van der Waals surface area contributed by atoms with Gasteiger partial charge in [-0.1, -0.05) is 24.5 Å². The molecule has 0 heterocycles. The number of carboxylic acids is 1. The van der Waals surface area contributed by atoms with Crippen LogP contribution in [0.5, 0.6) is 0 Å². The summed E-state index contributed by atoms with van der Waals surface area (Å²) < 4.78 is 0. The first-order valence-electron chi connectivity index (χ1n) is 5.63. The molecule has 0 atom stereocenters. The molecule has 1 fully saturated rings. The Balaban J connectivity index is 2.09. The van der Waals surface area contributed by atoms with Gasteiger partial charge in [-0.3, -0.25) is 4.79 Å². The second-order valence-electron chi connectivity index (χ2n) is 4.80. The molecule has 1 N–H and O–H groups in total. The van der Waals surface area contributed by atoms with E-state index >= 15 is 0 Å². The number of hydrogen-bond acceptors (Lipinski definition) is 1. The highest BCUT2D eigenvalue weighted by Crippen LogP contribution is 2.47. The van der Waals surface area contributed by atoms with Crippen LogP contribution in [0.3, 0.4) is 0 Å². The Morgan fingerprint density at radius 3 is 2.57 bits per heavy atom. The largest absolute Gasteiger partial charge is 0.481 e. The van der Waals surface area contributed by atoms with Gasteiger partial charge in [0.25, 0.3) is 0 Å². The fourth-order valence-electron chi connectivity index (χ4n) is 3.05. The molecule has 2 heteroatoms. The van der Waals surface area contributed by atoms with Gasteiger partial charge in [0.05, 0.1) is 6.42 Å². The topological polar surface area (TPSA) is 37.3 Å². The Bertz CT molecular complexity index is 259. The minimum absolute atomic E-state index is 0.266. The Labute approximate surface area is 85.0 Å². The number of allylic oxidation sites excluding steroid dienone is 1. The highest BCUT2D eigenvalue weighted by molar-refractivity contribution is 5.70. The van der Waals surface area contributed by atoms with E-state index < -0.39 is 5.97 Å². The van der Waals surface area contributed by atoms with Crippen molar-refractivity contribution in [2.24, 2.45) is 5.41 Å². The van der Waals surface area contributed by atoms with E-state index in [1.54, 1.807) is 0 Å². The van der Waals surface area contributed by atoms with Crippen LogP contribution < -0.4 is 0 Å². The first kappa shape index (κ1) is 9.75. The molecule has 2 aliphatic carbocycles. The van der Waals surface area contributed by atoms with Gasteiger partial charge in [-0.05, 0) is 37.5 Å². The number of rotatable bonds is 2. The van der Waals surface area contributed by atoms with Crippen molar-refractivity contribution in [3.8, 4) is 0 Å². The van der Waals surface area contributed by atoms with Gasteiger partial charge in [-0.25, -0.2) is 0 Å². The van der Waals surface area contributed by atoms with Crippen LogP contribution in [0.4, 0.5) is 0 Å². The van der Waals surface area contributed by atoms with Crippen molar-refractivity contribution in [2.75, 3.05) is 0 Å². The van der Waals surface area contributed by atoms with Crippen LogP contribution in [0.1, 0.15) is 51.4 Å². The summed E-state index contributed by atoms with van der Waals surface area (Å²) in [6, 6.07) is 0. The molecule has 0 amide bonds. The number of carbonyl (C=O) groups is 1. The van der Waals surface area contributed by atoms with Gasteiger partial charge in [0.1, 0.15) is 0 Å². The number of aliphatic carboxylic acids is 1. The van der Waals surface area contributed by atoms with Gasteiger partial charge >= 0.3 is 5.97 Å². The van der Waals surface area contributed by atoms with Gasteiger partial charge in [0, 0.05) is 0 Å². The van der Waals surface area contributed by atoms with Crippen LogP contribution in [-0.4, -0.2) is 11.1 Å². The minimum Gasteiger partial charge on any atom is -0.481 e. The van der Waals surface area contributed by atoms with Gasteiger partial charge in [0.15, 0.2) is 0 Å². The van der Waals surface area contributed by atoms with Crippen molar-refractivity contribution in [3.05, 3.63) is 11.6 Å². The average molecular weight is 194 g/mol. The number of carboxylic acid groups (broad SMARTS) is 1.